The molecule has 1 aliphatic heterocycles. The second kappa shape index (κ2) is 6.60. The number of rotatable bonds is 4. The molecule has 6 nitrogen and oxygen atoms in total. The first-order chi connectivity index (χ1) is 11.5. The van der Waals surface area contributed by atoms with Crippen LogP contribution in [0.15, 0.2) is 48.7 Å². The number of amides is 1. The fourth-order valence-electron chi connectivity index (χ4n) is 2.69. The summed E-state index contributed by atoms with van der Waals surface area (Å²) >= 11 is 0. The summed E-state index contributed by atoms with van der Waals surface area (Å²) in [5, 5.41) is 2.88. The minimum absolute atomic E-state index is 0.177. The van der Waals surface area contributed by atoms with Crippen LogP contribution in [0.5, 0.6) is 0 Å². The maximum absolute atomic E-state index is 12.3. The van der Waals surface area contributed by atoms with Crippen LogP contribution in [0.3, 0.4) is 0 Å². The molecule has 0 saturated carbocycles. The van der Waals surface area contributed by atoms with E-state index in [-0.39, 0.29) is 17.7 Å². The van der Waals surface area contributed by atoms with E-state index in [1.54, 1.807) is 30.5 Å². The summed E-state index contributed by atoms with van der Waals surface area (Å²) in [6.07, 6.45) is 2.31. The van der Waals surface area contributed by atoms with Gasteiger partial charge in [0.05, 0.1) is 23.2 Å². The summed E-state index contributed by atoms with van der Waals surface area (Å²) in [5.74, 6) is -0.0411. The molecule has 1 aromatic carbocycles. The SMILES string of the molecule is CC(NC(=O)c1ccc(N2CCCS2(=O)=O)cc1)c1ccccn1. The van der Waals surface area contributed by atoms with Gasteiger partial charge < -0.3 is 5.32 Å². The Labute approximate surface area is 141 Å². The van der Waals surface area contributed by atoms with Crippen molar-refractivity contribution in [1.82, 2.24) is 10.3 Å². The van der Waals surface area contributed by atoms with Crippen LogP contribution in [0.1, 0.15) is 35.4 Å². The van der Waals surface area contributed by atoms with Gasteiger partial charge in [-0.05, 0) is 49.7 Å². The Hall–Kier alpha value is -2.41. The van der Waals surface area contributed by atoms with E-state index in [0.717, 1.165) is 5.69 Å². The maximum Gasteiger partial charge on any atom is 0.251 e. The van der Waals surface area contributed by atoms with Crippen molar-refractivity contribution in [3.05, 3.63) is 59.9 Å². The lowest BCUT2D eigenvalue weighted by Crippen LogP contribution is -2.27. The molecule has 126 valence electrons. The topological polar surface area (TPSA) is 79.4 Å². The molecule has 1 N–H and O–H groups in total. The molecular weight excluding hydrogens is 326 g/mol. The number of hydrogen-bond acceptors (Lipinski definition) is 4. The molecule has 1 aliphatic rings. The van der Waals surface area contributed by atoms with Crippen LogP contribution < -0.4 is 9.62 Å². The molecule has 2 heterocycles. The van der Waals surface area contributed by atoms with Gasteiger partial charge in [0.1, 0.15) is 0 Å². The third-order valence-electron chi connectivity index (χ3n) is 4.00. The minimum atomic E-state index is -3.20. The molecular formula is C17H19N3O3S. The second-order valence-corrected chi connectivity index (χ2v) is 7.75. The number of aromatic nitrogens is 1. The highest BCUT2D eigenvalue weighted by Gasteiger charge is 2.28. The first-order valence-electron chi connectivity index (χ1n) is 7.80. The van der Waals surface area contributed by atoms with Crippen LogP contribution in [-0.2, 0) is 10.0 Å². The molecule has 1 aromatic heterocycles. The molecule has 24 heavy (non-hydrogen) atoms. The molecule has 1 atom stereocenters. The Morgan fingerprint density at radius 2 is 1.96 bits per heavy atom. The normalized spacial score (nSPS) is 17.5. The van der Waals surface area contributed by atoms with E-state index in [4.69, 9.17) is 0 Å². The first-order valence-corrected chi connectivity index (χ1v) is 9.40. The van der Waals surface area contributed by atoms with Gasteiger partial charge >= 0.3 is 0 Å². The predicted molar refractivity (Wildman–Crippen MR) is 92.3 cm³/mol. The Morgan fingerprint density at radius 3 is 2.54 bits per heavy atom. The van der Waals surface area contributed by atoms with Crippen LogP contribution in [0, 0.1) is 0 Å². The number of carbonyl (C=O) groups excluding carboxylic acids is 1. The highest BCUT2D eigenvalue weighted by Crippen LogP contribution is 2.24. The summed E-state index contributed by atoms with van der Waals surface area (Å²) in [4.78, 5) is 16.5. The zero-order valence-electron chi connectivity index (χ0n) is 13.3. The lowest BCUT2D eigenvalue weighted by molar-refractivity contribution is 0.0939. The molecule has 3 rings (SSSR count). The van der Waals surface area contributed by atoms with E-state index < -0.39 is 10.0 Å². The zero-order chi connectivity index (χ0) is 17.2. The highest BCUT2D eigenvalue weighted by molar-refractivity contribution is 7.93. The number of sulfonamides is 1. The Kier molecular flexibility index (Phi) is 4.53. The summed E-state index contributed by atoms with van der Waals surface area (Å²) in [6.45, 7) is 2.36. The van der Waals surface area contributed by atoms with Crippen LogP contribution in [0.2, 0.25) is 0 Å². The average molecular weight is 345 g/mol. The van der Waals surface area contributed by atoms with Gasteiger partial charge in [0.2, 0.25) is 10.0 Å². The third-order valence-corrected chi connectivity index (χ3v) is 5.87. The van der Waals surface area contributed by atoms with Crippen molar-refractivity contribution in [3.63, 3.8) is 0 Å². The van der Waals surface area contributed by atoms with Crippen molar-refractivity contribution < 1.29 is 13.2 Å². The standard InChI is InChI=1S/C17H19N3O3S/c1-13(16-5-2-3-10-18-16)19-17(21)14-6-8-15(9-7-14)20-11-4-12-24(20,22)23/h2-3,5-10,13H,4,11-12H2,1H3,(H,19,21). The van der Waals surface area contributed by atoms with Crippen molar-refractivity contribution in [2.75, 3.05) is 16.6 Å². The highest BCUT2D eigenvalue weighted by atomic mass is 32.2. The molecule has 1 fully saturated rings. The summed E-state index contributed by atoms with van der Waals surface area (Å²) in [6, 6.07) is 12.0. The smallest absolute Gasteiger partial charge is 0.251 e. The molecule has 1 amide bonds. The van der Waals surface area contributed by atoms with Crippen molar-refractivity contribution in [2.45, 2.75) is 19.4 Å². The molecule has 7 heteroatoms. The van der Waals surface area contributed by atoms with E-state index in [1.807, 2.05) is 25.1 Å². The summed E-state index contributed by atoms with van der Waals surface area (Å²) in [7, 11) is -3.20. The van der Waals surface area contributed by atoms with Crippen LogP contribution in [0.25, 0.3) is 0 Å². The van der Waals surface area contributed by atoms with E-state index in [0.29, 0.717) is 24.2 Å². The number of nitrogens with one attached hydrogen (secondary N) is 1. The van der Waals surface area contributed by atoms with Gasteiger partial charge in [-0.2, -0.15) is 0 Å². The van der Waals surface area contributed by atoms with Gasteiger partial charge in [0.25, 0.3) is 5.91 Å². The predicted octanol–water partition coefficient (Wildman–Crippen LogP) is 2.11. The van der Waals surface area contributed by atoms with Gasteiger partial charge in [0.15, 0.2) is 0 Å². The molecule has 0 aliphatic carbocycles. The number of hydrogen-bond donors (Lipinski definition) is 1. The number of anilines is 1. The van der Waals surface area contributed by atoms with Crippen molar-refractivity contribution >= 4 is 21.6 Å². The van der Waals surface area contributed by atoms with Gasteiger partial charge in [-0.15, -0.1) is 0 Å². The molecule has 1 saturated heterocycles. The van der Waals surface area contributed by atoms with Gasteiger partial charge in [-0.25, -0.2) is 8.42 Å². The van der Waals surface area contributed by atoms with Crippen molar-refractivity contribution in [3.8, 4) is 0 Å². The number of carbonyl (C=O) groups is 1. The molecule has 0 bridgehead atoms. The van der Waals surface area contributed by atoms with Gasteiger partial charge in [-0.3, -0.25) is 14.1 Å². The Bertz CT molecular complexity index is 820. The van der Waals surface area contributed by atoms with Crippen LogP contribution in [0.4, 0.5) is 5.69 Å². The van der Waals surface area contributed by atoms with Gasteiger partial charge in [0, 0.05) is 18.3 Å². The number of benzene rings is 1. The van der Waals surface area contributed by atoms with E-state index in [2.05, 4.69) is 10.3 Å². The lowest BCUT2D eigenvalue weighted by Gasteiger charge is -2.17. The molecule has 2 aromatic rings. The lowest BCUT2D eigenvalue weighted by atomic mass is 10.1. The van der Waals surface area contributed by atoms with Crippen LogP contribution >= 0.6 is 0 Å². The van der Waals surface area contributed by atoms with Crippen molar-refractivity contribution in [2.24, 2.45) is 0 Å². The second-order valence-electron chi connectivity index (χ2n) is 5.74. The fraction of sp³-hybridized carbons (Fsp3) is 0.294. The monoisotopic (exact) mass is 345 g/mol. The maximum atomic E-state index is 12.3. The van der Waals surface area contributed by atoms with E-state index in [9.17, 15) is 13.2 Å². The quantitative estimate of drug-likeness (QED) is 0.920. The summed E-state index contributed by atoms with van der Waals surface area (Å²) < 4.78 is 25.2. The van der Waals surface area contributed by atoms with E-state index >= 15 is 0 Å². The molecule has 0 spiro atoms. The first kappa shape index (κ1) is 16.4. The summed E-state index contributed by atoms with van der Waals surface area (Å²) in [5.41, 5.74) is 1.87. The zero-order valence-corrected chi connectivity index (χ0v) is 14.2. The minimum Gasteiger partial charge on any atom is -0.344 e. The van der Waals surface area contributed by atoms with Crippen molar-refractivity contribution in [1.29, 1.82) is 0 Å². The average Bonchev–Trinajstić information content (AvgIpc) is 2.95. The molecule has 1 unspecified atom stereocenters. The third kappa shape index (κ3) is 3.41. The Morgan fingerprint density at radius 1 is 1.21 bits per heavy atom. The van der Waals surface area contributed by atoms with Crippen LogP contribution in [-0.4, -0.2) is 31.6 Å². The number of pyridine rings is 1. The van der Waals surface area contributed by atoms with Gasteiger partial charge in [-0.1, -0.05) is 6.07 Å². The van der Waals surface area contributed by atoms with E-state index in [1.165, 1.54) is 4.31 Å². The fourth-order valence-corrected chi connectivity index (χ4v) is 4.26. The largest absolute Gasteiger partial charge is 0.344 e. The number of nitrogens with zero attached hydrogens (tertiary/aromatic N) is 2. The molecule has 0 radical (unpaired) electrons. The Balaban J connectivity index is 1.70.